The zero-order valence-corrected chi connectivity index (χ0v) is 12.0. The molecule has 0 saturated carbocycles. The summed E-state index contributed by atoms with van der Waals surface area (Å²) in [5, 5.41) is 0. The van der Waals surface area contributed by atoms with E-state index in [4.69, 9.17) is 11.5 Å². The lowest BCUT2D eigenvalue weighted by Crippen LogP contribution is -2.41. The Hall–Kier alpha value is -1.44. The lowest BCUT2D eigenvalue weighted by atomic mass is 9.98. The Bertz CT molecular complexity index is 575. The van der Waals surface area contributed by atoms with Crippen LogP contribution in [0.15, 0.2) is 29.2 Å². The number of hydrogen-bond donors (Lipinski definition) is 2. The number of carbonyl (C=O) groups is 1. The minimum Gasteiger partial charge on any atom is -0.369 e. The molecule has 6 nitrogen and oxygen atoms in total. The second-order valence-electron chi connectivity index (χ2n) is 4.93. The van der Waals surface area contributed by atoms with E-state index >= 15 is 0 Å². The second kappa shape index (κ2) is 5.90. The molecule has 0 atom stereocenters. The number of carbonyl (C=O) groups excluding carboxylic acids is 1. The van der Waals surface area contributed by atoms with Gasteiger partial charge in [-0.3, -0.25) is 4.79 Å². The van der Waals surface area contributed by atoms with Gasteiger partial charge in [0.05, 0.1) is 4.90 Å². The molecule has 1 aromatic rings. The average molecular weight is 297 g/mol. The van der Waals surface area contributed by atoms with Crippen LogP contribution in [0.1, 0.15) is 18.4 Å². The van der Waals surface area contributed by atoms with Crippen LogP contribution in [0.3, 0.4) is 0 Å². The van der Waals surface area contributed by atoms with E-state index in [1.807, 2.05) is 0 Å². The van der Waals surface area contributed by atoms with Gasteiger partial charge in [0, 0.05) is 25.6 Å². The molecule has 1 saturated heterocycles. The molecule has 4 N–H and O–H groups in total. The Morgan fingerprint density at radius 1 is 1.20 bits per heavy atom. The molecule has 0 aliphatic carbocycles. The largest absolute Gasteiger partial charge is 0.369 e. The molecule has 20 heavy (non-hydrogen) atoms. The van der Waals surface area contributed by atoms with Gasteiger partial charge in [-0.2, -0.15) is 4.31 Å². The molecule has 0 bridgehead atoms. The number of amides is 1. The summed E-state index contributed by atoms with van der Waals surface area (Å²) < 4.78 is 26.3. The molecule has 0 unspecified atom stereocenters. The zero-order valence-electron chi connectivity index (χ0n) is 11.2. The minimum atomic E-state index is -3.50. The van der Waals surface area contributed by atoms with E-state index in [-0.39, 0.29) is 16.7 Å². The first-order valence-electron chi connectivity index (χ1n) is 6.53. The maximum absolute atomic E-state index is 12.4. The predicted molar refractivity (Wildman–Crippen MR) is 75.0 cm³/mol. The quantitative estimate of drug-likeness (QED) is 0.817. The monoisotopic (exact) mass is 297 g/mol. The first kappa shape index (κ1) is 15.0. The normalized spacial score (nSPS) is 18.1. The third-order valence-electron chi connectivity index (χ3n) is 3.65. The van der Waals surface area contributed by atoms with Gasteiger partial charge in [-0.05, 0) is 30.5 Å². The number of sulfonamides is 1. The van der Waals surface area contributed by atoms with Crippen molar-refractivity contribution in [2.24, 2.45) is 17.4 Å². The van der Waals surface area contributed by atoms with Gasteiger partial charge < -0.3 is 11.5 Å². The van der Waals surface area contributed by atoms with Gasteiger partial charge in [0.1, 0.15) is 0 Å². The summed E-state index contributed by atoms with van der Waals surface area (Å²) in [5.41, 5.74) is 11.6. The van der Waals surface area contributed by atoms with Crippen molar-refractivity contribution < 1.29 is 13.2 Å². The summed E-state index contributed by atoms with van der Waals surface area (Å²) >= 11 is 0. The fraction of sp³-hybridized carbons (Fsp3) is 0.462. The minimum absolute atomic E-state index is 0.221. The second-order valence-corrected chi connectivity index (χ2v) is 6.87. The molecule has 0 spiro atoms. The number of primary amides is 1. The van der Waals surface area contributed by atoms with E-state index in [1.54, 1.807) is 24.3 Å². The molecule has 0 aromatic heterocycles. The Morgan fingerprint density at radius 2 is 1.75 bits per heavy atom. The molecule has 1 fully saturated rings. The predicted octanol–water partition coefficient (Wildman–Crippen LogP) is 0.0313. The van der Waals surface area contributed by atoms with Crippen LogP contribution >= 0.6 is 0 Å². The summed E-state index contributed by atoms with van der Waals surface area (Å²) in [5.74, 6) is -0.574. The number of benzene rings is 1. The average Bonchev–Trinajstić information content (AvgIpc) is 2.47. The van der Waals surface area contributed by atoms with Crippen molar-refractivity contribution in [3.8, 4) is 0 Å². The number of nitrogens with zero attached hydrogens (tertiary/aromatic N) is 1. The summed E-state index contributed by atoms with van der Waals surface area (Å²) in [6, 6.07) is 6.56. The Balaban J connectivity index is 2.13. The van der Waals surface area contributed by atoms with Crippen LogP contribution in [0.4, 0.5) is 0 Å². The van der Waals surface area contributed by atoms with Gasteiger partial charge in [-0.1, -0.05) is 12.1 Å². The zero-order chi connectivity index (χ0) is 14.8. The number of hydrogen-bond acceptors (Lipinski definition) is 4. The Labute approximate surface area is 118 Å². The lowest BCUT2D eigenvalue weighted by Gasteiger charge is -2.29. The smallest absolute Gasteiger partial charge is 0.243 e. The highest BCUT2D eigenvalue weighted by Crippen LogP contribution is 2.23. The topological polar surface area (TPSA) is 106 Å². The third kappa shape index (κ3) is 3.00. The molecule has 1 aliphatic heterocycles. The third-order valence-corrected chi connectivity index (χ3v) is 5.57. The fourth-order valence-corrected chi connectivity index (χ4v) is 3.80. The van der Waals surface area contributed by atoms with E-state index in [0.717, 1.165) is 5.56 Å². The molecular formula is C13H19N3O3S. The first-order valence-corrected chi connectivity index (χ1v) is 7.97. The van der Waals surface area contributed by atoms with Crippen molar-refractivity contribution in [1.29, 1.82) is 0 Å². The number of nitrogens with two attached hydrogens (primary N) is 2. The van der Waals surface area contributed by atoms with Crippen molar-refractivity contribution in [2.45, 2.75) is 24.3 Å². The maximum Gasteiger partial charge on any atom is 0.243 e. The summed E-state index contributed by atoms with van der Waals surface area (Å²) in [4.78, 5) is 11.4. The van der Waals surface area contributed by atoms with Crippen LogP contribution in [0.25, 0.3) is 0 Å². The van der Waals surface area contributed by atoms with E-state index in [0.29, 0.717) is 32.5 Å². The van der Waals surface area contributed by atoms with Gasteiger partial charge in [-0.15, -0.1) is 0 Å². The van der Waals surface area contributed by atoms with Gasteiger partial charge >= 0.3 is 0 Å². The van der Waals surface area contributed by atoms with Crippen molar-refractivity contribution in [3.63, 3.8) is 0 Å². The van der Waals surface area contributed by atoms with Gasteiger partial charge in [0.25, 0.3) is 0 Å². The fourth-order valence-electron chi connectivity index (χ4n) is 2.33. The lowest BCUT2D eigenvalue weighted by molar-refractivity contribution is -0.122. The molecule has 7 heteroatoms. The molecule has 2 rings (SSSR count). The molecule has 1 amide bonds. The van der Waals surface area contributed by atoms with E-state index in [2.05, 4.69) is 0 Å². The molecule has 1 heterocycles. The molecule has 0 radical (unpaired) electrons. The number of piperidine rings is 1. The van der Waals surface area contributed by atoms with E-state index in [1.165, 1.54) is 4.31 Å². The Kier molecular flexibility index (Phi) is 4.42. The standard InChI is InChI=1S/C13H19N3O3S/c14-9-10-1-3-12(4-2-10)20(18,19)16-7-5-11(6-8-16)13(15)17/h1-4,11H,5-9,14H2,(H2,15,17). The van der Waals surface area contributed by atoms with Crippen LogP contribution < -0.4 is 11.5 Å². The van der Waals surface area contributed by atoms with Crippen LogP contribution in [-0.4, -0.2) is 31.7 Å². The van der Waals surface area contributed by atoms with Crippen molar-refractivity contribution in [3.05, 3.63) is 29.8 Å². The highest BCUT2D eigenvalue weighted by Gasteiger charge is 2.31. The molecule has 1 aromatic carbocycles. The van der Waals surface area contributed by atoms with Crippen LogP contribution in [0.5, 0.6) is 0 Å². The summed E-state index contributed by atoms with van der Waals surface area (Å²) in [6.45, 7) is 1.04. The van der Waals surface area contributed by atoms with Crippen molar-refractivity contribution in [1.82, 2.24) is 4.31 Å². The first-order chi connectivity index (χ1) is 9.45. The van der Waals surface area contributed by atoms with E-state index < -0.39 is 10.0 Å². The highest BCUT2D eigenvalue weighted by molar-refractivity contribution is 7.89. The SMILES string of the molecule is NCc1ccc(S(=O)(=O)N2CCC(C(N)=O)CC2)cc1. The maximum atomic E-state index is 12.4. The summed E-state index contributed by atoms with van der Waals surface area (Å²) in [6.07, 6.45) is 0.963. The van der Waals surface area contributed by atoms with Gasteiger partial charge in [0.15, 0.2) is 0 Å². The molecule has 1 aliphatic rings. The van der Waals surface area contributed by atoms with E-state index in [9.17, 15) is 13.2 Å². The summed E-state index contributed by atoms with van der Waals surface area (Å²) in [7, 11) is -3.50. The van der Waals surface area contributed by atoms with Crippen LogP contribution in [0, 0.1) is 5.92 Å². The highest BCUT2D eigenvalue weighted by atomic mass is 32.2. The van der Waals surface area contributed by atoms with Crippen LogP contribution in [0.2, 0.25) is 0 Å². The van der Waals surface area contributed by atoms with Crippen LogP contribution in [-0.2, 0) is 21.4 Å². The van der Waals surface area contributed by atoms with Crippen molar-refractivity contribution >= 4 is 15.9 Å². The van der Waals surface area contributed by atoms with Crippen molar-refractivity contribution in [2.75, 3.05) is 13.1 Å². The molecular weight excluding hydrogens is 278 g/mol. The molecule has 110 valence electrons. The van der Waals surface area contributed by atoms with Gasteiger partial charge in [0.2, 0.25) is 15.9 Å². The van der Waals surface area contributed by atoms with Gasteiger partial charge in [-0.25, -0.2) is 8.42 Å². The number of rotatable bonds is 4. The Morgan fingerprint density at radius 3 is 2.20 bits per heavy atom.